The second-order valence-corrected chi connectivity index (χ2v) is 6.03. The Labute approximate surface area is 145 Å². The Morgan fingerprint density at radius 1 is 1.29 bits per heavy atom. The number of aromatic nitrogens is 3. The highest BCUT2D eigenvalue weighted by atomic mass is 35.5. The zero-order valence-corrected chi connectivity index (χ0v) is 14.8. The summed E-state index contributed by atoms with van der Waals surface area (Å²) >= 11 is 0. The first-order valence-corrected chi connectivity index (χ1v) is 7.67. The molecule has 0 saturated carbocycles. The summed E-state index contributed by atoms with van der Waals surface area (Å²) in [5.74, 6) is -0.00961. The van der Waals surface area contributed by atoms with Crippen molar-refractivity contribution in [3.8, 4) is 0 Å². The summed E-state index contributed by atoms with van der Waals surface area (Å²) in [6.07, 6.45) is 1.69. The third kappa shape index (κ3) is 2.87. The van der Waals surface area contributed by atoms with Crippen molar-refractivity contribution >= 4 is 29.3 Å². The van der Waals surface area contributed by atoms with Crippen molar-refractivity contribution in [1.29, 1.82) is 0 Å². The average Bonchev–Trinajstić information content (AvgIpc) is 2.95. The Hall–Kier alpha value is -2.06. The standard InChI is InChI=1S/C15H21N5O3.ClH/c1-10-8-16-5-7-20(10)12(21)9-19-6-4-11-13(19)17(2)15(23)18(3)14(11)22;/h4,6,10,16H,5,7-9H2,1-3H3;1H/t10-;/m1./s1. The number of halogens is 1. The molecule has 0 aliphatic carbocycles. The first-order chi connectivity index (χ1) is 10.9. The van der Waals surface area contributed by atoms with Crippen LogP contribution in [0.25, 0.3) is 11.0 Å². The van der Waals surface area contributed by atoms with Gasteiger partial charge in [0.1, 0.15) is 12.2 Å². The van der Waals surface area contributed by atoms with E-state index in [0.717, 1.165) is 17.7 Å². The van der Waals surface area contributed by atoms with Crippen LogP contribution >= 0.6 is 12.4 Å². The largest absolute Gasteiger partial charge is 0.336 e. The smallest absolute Gasteiger partial charge is 0.332 e. The van der Waals surface area contributed by atoms with Gasteiger partial charge in [0, 0.05) is 46.0 Å². The topological polar surface area (TPSA) is 81.3 Å². The van der Waals surface area contributed by atoms with Gasteiger partial charge in [-0.05, 0) is 13.0 Å². The molecule has 9 heteroatoms. The molecule has 132 valence electrons. The minimum absolute atomic E-state index is 0. The molecule has 0 radical (unpaired) electrons. The molecule has 1 atom stereocenters. The van der Waals surface area contributed by atoms with Crippen molar-refractivity contribution in [2.24, 2.45) is 14.1 Å². The Balaban J connectivity index is 0.00000208. The third-order valence-electron chi connectivity index (χ3n) is 4.49. The van der Waals surface area contributed by atoms with Crippen molar-refractivity contribution in [1.82, 2.24) is 23.9 Å². The first kappa shape index (κ1) is 18.3. The Morgan fingerprint density at radius 2 is 2.00 bits per heavy atom. The molecule has 24 heavy (non-hydrogen) atoms. The van der Waals surface area contributed by atoms with E-state index in [2.05, 4.69) is 5.32 Å². The normalized spacial score (nSPS) is 17.8. The predicted molar refractivity (Wildman–Crippen MR) is 93.7 cm³/mol. The number of amides is 1. The molecule has 0 bridgehead atoms. The van der Waals surface area contributed by atoms with Gasteiger partial charge in [-0.25, -0.2) is 4.79 Å². The van der Waals surface area contributed by atoms with Gasteiger partial charge in [0.15, 0.2) is 0 Å². The molecular formula is C15H22ClN5O3. The van der Waals surface area contributed by atoms with Gasteiger partial charge in [-0.2, -0.15) is 0 Å². The average molecular weight is 356 g/mol. The number of carbonyl (C=O) groups is 1. The minimum atomic E-state index is -0.398. The highest BCUT2D eigenvalue weighted by Crippen LogP contribution is 2.11. The third-order valence-corrected chi connectivity index (χ3v) is 4.49. The summed E-state index contributed by atoms with van der Waals surface area (Å²) < 4.78 is 4.16. The lowest BCUT2D eigenvalue weighted by molar-refractivity contribution is -0.134. The van der Waals surface area contributed by atoms with Gasteiger partial charge in [0.2, 0.25) is 5.91 Å². The maximum absolute atomic E-state index is 12.6. The van der Waals surface area contributed by atoms with Crippen LogP contribution in [-0.4, -0.2) is 50.2 Å². The molecule has 1 saturated heterocycles. The van der Waals surface area contributed by atoms with E-state index in [-0.39, 0.29) is 36.5 Å². The number of nitrogens with one attached hydrogen (secondary N) is 1. The molecular weight excluding hydrogens is 334 g/mol. The van der Waals surface area contributed by atoms with Crippen molar-refractivity contribution in [2.45, 2.75) is 19.5 Å². The lowest BCUT2D eigenvalue weighted by Gasteiger charge is -2.34. The molecule has 1 fully saturated rings. The van der Waals surface area contributed by atoms with Crippen molar-refractivity contribution in [3.63, 3.8) is 0 Å². The van der Waals surface area contributed by atoms with Gasteiger partial charge < -0.3 is 14.8 Å². The Bertz CT molecular complexity index is 882. The quantitative estimate of drug-likeness (QED) is 0.771. The van der Waals surface area contributed by atoms with Crippen LogP contribution in [0.1, 0.15) is 6.92 Å². The number of fused-ring (bicyclic) bond motifs is 1. The summed E-state index contributed by atoms with van der Waals surface area (Å²) in [6.45, 7) is 4.34. The lowest BCUT2D eigenvalue weighted by Crippen LogP contribution is -2.53. The molecule has 3 rings (SSSR count). The molecule has 3 heterocycles. The molecule has 1 N–H and O–H groups in total. The molecule has 2 aromatic heterocycles. The fourth-order valence-electron chi connectivity index (χ4n) is 3.16. The summed E-state index contributed by atoms with van der Waals surface area (Å²) in [5.41, 5.74) is -0.260. The number of aryl methyl sites for hydroxylation is 1. The lowest BCUT2D eigenvalue weighted by atomic mass is 10.2. The Morgan fingerprint density at radius 3 is 2.67 bits per heavy atom. The summed E-state index contributed by atoms with van der Waals surface area (Å²) in [5, 5.41) is 3.69. The highest BCUT2D eigenvalue weighted by molar-refractivity contribution is 5.85. The number of nitrogens with zero attached hydrogens (tertiary/aromatic N) is 4. The molecule has 0 aromatic carbocycles. The number of hydrogen-bond donors (Lipinski definition) is 1. The van der Waals surface area contributed by atoms with Crippen LogP contribution in [0.3, 0.4) is 0 Å². The van der Waals surface area contributed by atoms with E-state index in [9.17, 15) is 14.4 Å². The van der Waals surface area contributed by atoms with E-state index in [1.54, 1.807) is 23.9 Å². The van der Waals surface area contributed by atoms with E-state index in [1.165, 1.54) is 11.6 Å². The van der Waals surface area contributed by atoms with Crippen molar-refractivity contribution in [2.75, 3.05) is 19.6 Å². The summed E-state index contributed by atoms with van der Waals surface area (Å²) in [7, 11) is 3.06. The number of rotatable bonds is 2. The number of piperazine rings is 1. The number of hydrogen-bond acceptors (Lipinski definition) is 4. The van der Waals surface area contributed by atoms with Crippen LogP contribution in [0.2, 0.25) is 0 Å². The van der Waals surface area contributed by atoms with Gasteiger partial charge >= 0.3 is 5.69 Å². The molecule has 0 unspecified atom stereocenters. The SMILES string of the molecule is C[C@@H]1CNCCN1C(=O)Cn1ccc2c(=O)n(C)c(=O)n(C)c21.Cl. The van der Waals surface area contributed by atoms with Crippen LogP contribution in [0.4, 0.5) is 0 Å². The zero-order chi connectivity index (χ0) is 16.7. The van der Waals surface area contributed by atoms with E-state index >= 15 is 0 Å². The van der Waals surface area contributed by atoms with Crippen molar-refractivity contribution in [3.05, 3.63) is 33.1 Å². The van der Waals surface area contributed by atoms with Crippen molar-refractivity contribution < 1.29 is 4.79 Å². The van der Waals surface area contributed by atoms with Gasteiger partial charge in [0.05, 0.1) is 5.39 Å². The molecule has 1 aliphatic rings. The Kier molecular flexibility index (Phi) is 5.19. The fraction of sp³-hybridized carbons (Fsp3) is 0.533. The number of carbonyl (C=O) groups excluding carboxylic acids is 1. The molecule has 2 aromatic rings. The summed E-state index contributed by atoms with van der Waals surface area (Å²) in [4.78, 5) is 38.7. The highest BCUT2D eigenvalue weighted by Gasteiger charge is 2.24. The van der Waals surface area contributed by atoms with E-state index < -0.39 is 5.69 Å². The zero-order valence-electron chi connectivity index (χ0n) is 14.0. The van der Waals surface area contributed by atoms with Crippen LogP contribution in [0, 0.1) is 0 Å². The maximum atomic E-state index is 12.6. The van der Waals surface area contributed by atoms with E-state index in [1.807, 2.05) is 11.8 Å². The van der Waals surface area contributed by atoms with Crippen LogP contribution in [0.5, 0.6) is 0 Å². The van der Waals surface area contributed by atoms with Gasteiger partial charge in [-0.3, -0.25) is 18.7 Å². The molecule has 8 nitrogen and oxygen atoms in total. The van der Waals surface area contributed by atoms with Gasteiger partial charge in [-0.1, -0.05) is 0 Å². The molecule has 1 aliphatic heterocycles. The van der Waals surface area contributed by atoms with Gasteiger partial charge in [-0.15, -0.1) is 12.4 Å². The summed E-state index contributed by atoms with van der Waals surface area (Å²) in [6, 6.07) is 1.79. The van der Waals surface area contributed by atoms with Crippen LogP contribution < -0.4 is 16.6 Å². The van der Waals surface area contributed by atoms with E-state index in [4.69, 9.17) is 0 Å². The second kappa shape index (κ2) is 6.82. The van der Waals surface area contributed by atoms with E-state index in [0.29, 0.717) is 17.6 Å². The fourth-order valence-corrected chi connectivity index (χ4v) is 3.16. The van der Waals surface area contributed by atoms with Gasteiger partial charge in [0.25, 0.3) is 5.56 Å². The second-order valence-electron chi connectivity index (χ2n) is 6.03. The first-order valence-electron chi connectivity index (χ1n) is 7.67. The monoisotopic (exact) mass is 355 g/mol. The maximum Gasteiger partial charge on any atom is 0.332 e. The minimum Gasteiger partial charge on any atom is -0.336 e. The predicted octanol–water partition coefficient (Wildman–Crippen LogP) is -0.719. The molecule has 0 spiro atoms. The van der Waals surface area contributed by atoms with Crippen LogP contribution in [0.15, 0.2) is 21.9 Å². The van der Waals surface area contributed by atoms with Crippen LogP contribution in [-0.2, 0) is 25.4 Å². The molecule has 1 amide bonds.